The van der Waals surface area contributed by atoms with E-state index in [1.807, 2.05) is 41.5 Å². The van der Waals surface area contributed by atoms with Gasteiger partial charge >= 0.3 is 0 Å². The summed E-state index contributed by atoms with van der Waals surface area (Å²) in [6.07, 6.45) is 0. The summed E-state index contributed by atoms with van der Waals surface area (Å²) in [6.45, 7) is 11.5. The molecule has 0 aliphatic rings. The zero-order chi connectivity index (χ0) is 18.9. The molecular formula is C20H26O4S. The Morgan fingerprint density at radius 1 is 0.680 bits per heavy atom. The Bertz CT molecular complexity index is 775. The molecule has 0 unspecified atom stereocenters. The summed E-state index contributed by atoms with van der Waals surface area (Å²) in [4.78, 5) is 0.393. The summed E-state index contributed by atoms with van der Waals surface area (Å²) >= 11 is 0. The van der Waals surface area contributed by atoms with Gasteiger partial charge in [-0.1, -0.05) is 12.1 Å². The first-order chi connectivity index (χ1) is 11.4. The van der Waals surface area contributed by atoms with E-state index in [0.29, 0.717) is 11.5 Å². The molecule has 0 aliphatic carbocycles. The minimum atomic E-state index is -3.66. The highest BCUT2D eigenvalue weighted by Crippen LogP contribution is 2.29. The molecule has 0 fully saturated rings. The Balaban J connectivity index is 2.39. The van der Waals surface area contributed by atoms with Gasteiger partial charge < -0.3 is 9.47 Å². The van der Waals surface area contributed by atoms with Crippen molar-refractivity contribution in [3.8, 4) is 11.5 Å². The third-order valence-electron chi connectivity index (χ3n) is 3.08. The van der Waals surface area contributed by atoms with Crippen LogP contribution in [0.1, 0.15) is 41.5 Å². The van der Waals surface area contributed by atoms with Gasteiger partial charge in [-0.3, -0.25) is 0 Å². The van der Waals surface area contributed by atoms with Crippen LogP contribution in [0.3, 0.4) is 0 Å². The van der Waals surface area contributed by atoms with Crippen molar-refractivity contribution in [3.63, 3.8) is 0 Å². The van der Waals surface area contributed by atoms with Gasteiger partial charge in [-0.05, 0) is 77.9 Å². The normalized spacial score (nSPS) is 12.7. The van der Waals surface area contributed by atoms with Gasteiger partial charge in [0.2, 0.25) is 9.84 Å². The molecule has 0 aliphatic heterocycles. The molecule has 5 heteroatoms. The number of sulfone groups is 1. The first kappa shape index (κ1) is 19.3. The zero-order valence-corrected chi connectivity index (χ0v) is 16.5. The second kappa shape index (κ2) is 6.71. The number of hydrogen-bond donors (Lipinski definition) is 0. The molecule has 0 heterocycles. The van der Waals surface area contributed by atoms with Gasteiger partial charge in [-0.15, -0.1) is 0 Å². The van der Waals surface area contributed by atoms with E-state index in [0.717, 1.165) is 0 Å². The highest BCUT2D eigenvalue weighted by molar-refractivity contribution is 7.91. The van der Waals surface area contributed by atoms with Crippen LogP contribution in [0.25, 0.3) is 0 Å². The van der Waals surface area contributed by atoms with E-state index in [1.165, 1.54) is 0 Å². The average molecular weight is 362 g/mol. The summed E-state index contributed by atoms with van der Waals surface area (Å²) in [5, 5.41) is 0. The molecule has 0 amide bonds. The van der Waals surface area contributed by atoms with Gasteiger partial charge in [0.05, 0.1) is 9.79 Å². The smallest absolute Gasteiger partial charge is 0.206 e. The summed E-state index contributed by atoms with van der Waals surface area (Å²) in [7, 11) is -3.66. The SMILES string of the molecule is CC(C)(C)Oc1cccc(S(=O)(=O)c2cccc(OC(C)(C)C)c2)c1. The monoisotopic (exact) mass is 362 g/mol. The van der Waals surface area contributed by atoms with Crippen molar-refractivity contribution in [1.82, 2.24) is 0 Å². The van der Waals surface area contributed by atoms with Gasteiger partial charge in [-0.2, -0.15) is 0 Å². The van der Waals surface area contributed by atoms with Crippen LogP contribution in [-0.2, 0) is 9.84 Å². The minimum absolute atomic E-state index is 0.196. The zero-order valence-electron chi connectivity index (χ0n) is 15.7. The molecule has 0 saturated heterocycles. The summed E-state index contributed by atoms with van der Waals surface area (Å²) in [5.74, 6) is 1.05. The lowest BCUT2D eigenvalue weighted by Crippen LogP contribution is -2.23. The maximum absolute atomic E-state index is 13.0. The van der Waals surface area contributed by atoms with Gasteiger partial charge in [0.1, 0.15) is 22.7 Å². The lowest BCUT2D eigenvalue weighted by Gasteiger charge is -2.22. The van der Waals surface area contributed by atoms with E-state index in [9.17, 15) is 8.42 Å². The van der Waals surface area contributed by atoms with E-state index in [-0.39, 0.29) is 9.79 Å². The lowest BCUT2D eigenvalue weighted by atomic mass is 10.2. The Morgan fingerprint density at radius 2 is 1.04 bits per heavy atom. The van der Waals surface area contributed by atoms with Crippen LogP contribution >= 0.6 is 0 Å². The molecule has 4 nitrogen and oxygen atoms in total. The fourth-order valence-electron chi connectivity index (χ4n) is 2.25. The minimum Gasteiger partial charge on any atom is -0.488 e. The van der Waals surface area contributed by atoms with Crippen LogP contribution in [0.2, 0.25) is 0 Å². The van der Waals surface area contributed by atoms with Crippen LogP contribution in [-0.4, -0.2) is 19.6 Å². The Morgan fingerprint density at radius 3 is 1.36 bits per heavy atom. The quantitative estimate of drug-likeness (QED) is 0.778. The van der Waals surface area contributed by atoms with Crippen LogP contribution in [0.15, 0.2) is 58.3 Å². The van der Waals surface area contributed by atoms with Crippen LogP contribution in [0, 0.1) is 0 Å². The number of benzene rings is 2. The van der Waals surface area contributed by atoms with E-state index in [4.69, 9.17) is 9.47 Å². The van der Waals surface area contributed by atoms with Gasteiger partial charge in [0.25, 0.3) is 0 Å². The predicted octanol–water partition coefficient (Wildman–Crippen LogP) is 4.87. The highest BCUT2D eigenvalue weighted by Gasteiger charge is 2.21. The number of ether oxygens (including phenoxy) is 2. The van der Waals surface area contributed by atoms with Gasteiger partial charge in [-0.25, -0.2) is 8.42 Å². The van der Waals surface area contributed by atoms with Crippen LogP contribution < -0.4 is 9.47 Å². The van der Waals surface area contributed by atoms with Crippen molar-refractivity contribution in [2.75, 3.05) is 0 Å². The van der Waals surface area contributed by atoms with Crippen molar-refractivity contribution in [1.29, 1.82) is 0 Å². The molecule has 2 aromatic rings. The molecular weight excluding hydrogens is 336 g/mol. The Labute approximate surface area is 150 Å². The van der Waals surface area contributed by atoms with E-state index < -0.39 is 21.0 Å². The van der Waals surface area contributed by atoms with Crippen molar-refractivity contribution in [2.24, 2.45) is 0 Å². The van der Waals surface area contributed by atoms with Crippen molar-refractivity contribution >= 4 is 9.84 Å². The third-order valence-corrected chi connectivity index (χ3v) is 4.83. The molecule has 0 radical (unpaired) electrons. The van der Waals surface area contributed by atoms with Crippen molar-refractivity contribution in [2.45, 2.75) is 62.5 Å². The summed E-state index contributed by atoms with van der Waals surface area (Å²) in [5.41, 5.74) is -0.800. The third kappa shape index (κ3) is 5.49. The molecule has 0 aromatic heterocycles. The van der Waals surface area contributed by atoms with E-state index in [1.54, 1.807) is 48.5 Å². The molecule has 0 N–H and O–H groups in total. The van der Waals surface area contributed by atoms with Crippen molar-refractivity contribution < 1.29 is 17.9 Å². The largest absolute Gasteiger partial charge is 0.488 e. The first-order valence-electron chi connectivity index (χ1n) is 8.20. The molecule has 25 heavy (non-hydrogen) atoms. The summed E-state index contributed by atoms with van der Waals surface area (Å²) in [6, 6.07) is 13.1. The number of hydrogen-bond acceptors (Lipinski definition) is 4. The number of rotatable bonds is 4. The second-order valence-electron chi connectivity index (χ2n) is 7.88. The highest BCUT2D eigenvalue weighted by atomic mass is 32.2. The predicted molar refractivity (Wildman–Crippen MR) is 99.1 cm³/mol. The van der Waals surface area contributed by atoms with Gasteiger partial charge in [0.15, 0.2) is 0 Å². The van der Waals surface area contributed by atoms with Crippen LogP contribution in [0.5, 0.6) is 11.5 Å². The molecule has 2 rings (SSSR count). The van der Waals surface area contributed by atoms with Crippen molar-refractivity contribution in [3.05, 3.63) is 48.5 Å². The first-order valence-corrected chi connectivity index (χ1v) is 9.68. The maximum atomic E-state index is 13.0. The fourth-order valence-corrected chi connectivity index (χ4v) is 3.58. The molecule has 0 bridgehead atoms. The standard InChI is InChI=1S/C20H26O4S/c1-19(2,3)23-15-9-7-11-17(13-15)25(21,22)18-12-8-10-16(14-18)24-20(4,5)6/h7-14H,1-6H3. The van der Waals surface area contributed by atoms with Gasteiger partial charge in [0, 0.05) is 0 Å². The molecule has 0 atom stereocenters. The van der Waals surface area contributed by atoms with E-state index in [2.05, 4.69) is 0 Å². The molecule has 136 valence electrons. The fraction of sp³-hybridized carbons (Fsp3) is 0.400. The van der Waals surface area contributed by atoms with Crippen LogP contribution in [0.4, 0.5) is 0 Å². The molecule has 2 aromatic carbocycles. The van der Waals surface area contributed by atoms with E-state index >= 15 is 0 Å². The Kier molecular flexibility index (Phi) is 5.19. The second-order valence-corrected chi connectivity index (χ2v) is 9.83. The summed E-state index contributed by atoms with van der Waals surface area (Å²) < 4.78 is 37.5. The lowest BCUT2D eigenvalue weighted by molar-refractivity contribution is 0.130. The Hall–Kier alpha value is -2.01. The maximum Gasteiger partial charge on any atom is 0.206 e. The molecule has 0 saturated carbocycles. The average Bonchev–Trinajstić information content (AvgIpc) is 2.44. The topological polar surface area (TPSA) is 52.6 Å². The molecule has 0 spiro atoms.